The number of rotatable bonds is 2. The molecule has 0 fully saturated rings. The summed E-state index contributed by atoms with van der Waals surface area (Å²) in [7, 11) is 0. The van der Waals surface area contributed by atoms with Crippen molar-refractivity contribution in [1.29, 1.82) is 0 Å². The summed E-state index contributed by atoms with van der Waals surface area (Å²) in [6.45, 7) is 1.92. The second-order valence-electron chi connectivity index (χ2n) is 4.90. The van der Waals surface area contributed by atoms with Crippen molar-refractivity contribution in [3.8, 4) is 0 Å². The van der Waals surface area contributed by atoms with Crippen molar-refractivity contribution in [2.24, 2.45) is 10.7 Å². The van der Waals surface area contributed by atoms with Crippen LogP contribution in [-0.4, -0.2) is 10.9 Å². The molecule has 0 aliphatic rings. The van der Waals surface area contributed by atoms with Gasteiger partial charge in [0, 0.05) is 21.2 Å². The molecule has 0 saturated carbocycles. The zero-order chi connectivity index (χ0) is 15.5. The highest BCUT2D eigenvalue weighted by atomic mass is 79.9. The summed E-state index contributed by atoms with van der Waals surface area (Å²) in [5, 5.41) is 5.34. The molecule has 3 rings (SSSR count). The van der Waals surface area contributed by atoms with Gasteiger partial charge in [-0.2, -0.15) is 4.99 Å². The van der Waals surface area contributed by atoms with Crippen LogP contribution in [0.3, 0.4) is 0 Å². The third-order valence-electron chi connectivity index (χ3n) is 3.24. The predicted octanol–water partition coefficient (Wildman–Crippen LogP) is 4.36. The van der Waals surface area contributed by atoms with Crippen LogP contribution >= 0.6 is 15.9 Å². The van der Waals surface area contributed by atoms with Crippen LogP contribution in [0.2, 0.25) is 0 Å². The van der Waals surface area contributed by atoms with E-state index in [1.54, 1.807) is 0 Å². The van der Waals surface area contributed by atoms with E-state index in [-0.39, 0.29) is 0 Å². The normalized spacial score (nSPS) is 11.6. The Bertz CT molecular complexity index is 858. The van der Waals surface area contributed by atoms with Gasteiger partial charge in [-0.25, -0.2) is 4.98 Å². The molecule has 0 bridgehead atoms. The van der Waals surface area contributed by atoms with Crippen LogP contribution in [0.5, 0.6) is 0 Å². The Morgan fingerprint density at radius 1 is 1.05 bits per heavy atom. The molecule has 0 unspecified atom stereocenters. The summed E-state index contributed by atoms with van der Waals surface area (Å²) in [4.78, 5) is 8.62. The molecule has 5 heteroatoms. The molecule has 0 aliphatic heterocycles. The van der Waals surface area contributed by atoms with Gasteiger partial charge in [-0.3, -0.25) is 0 Å². The average Bonchev–Trinajstić information content (AvgIpc) is 2.50. The molecule has 0 spiro atoms. The van der Waals surface area contributed by atoms with E-state index in [0.717, 1.165) is 26.6 Å². The number of nitrogens with two attached hydrogens (primary N) is 1. The summed E-state index contributed by atoms with van der Waals surface area (Å²) >= 11 is 3.56. The van der Waals surface area contributed by atoms with Gasteiger partial charge in [-0.05, 0) is 36.6 Å². The second kappa shape index (κ2) is 6.15. The van der Waals surface area contributed by atoms with Crippen molar-refractivity contribution in [1.82, 2.24) is 4.98 Å². The fourth-order valence-electron chi connectivity index (χ4n) is 2.25. The molecule has 4 nitrogen and oxygen atoms in total. The number of nitrogens with one attached hydrogen (secondary N) is 1. The minimum Gasteiger partial charge on any atom is -0.369 e. The average molecular weight is 355 g/mol. The number of halogens is 1. The van der Waals surface area contributed by atoms with E-state index in [0.29, 0.717) is 11.8 Å². The zero-order valence-electron chi connectivity index (χ0n) is 12.0. The number of pyridine rings is 1. The van der Waals surface area contributed by atoms with Crippen LogP contribution in [0.1, 0.15) is 5.69 Å². The highest BCUT2D eigenvalue weighted by molar-refractivity contribution is 9.10. The number of aromatic nitrogens is 1. The molecule has 22 heavy (non-hydrogen) atoms. The number of anilines is 1. The molecule has 2 aromatic carbocycles. The first-order valence-electron chi connectivity index (χ1n) is 6.85. The monoisotopic (exact) mass is 354 g/mol. The molecule has 0 atom stereocenters. The Labute approximate surface area is 137 Å². The van der Waals surface area contributed by atoms with Crippen molar-refractivity contribution in [2.75, 3.05) is 5.32 Å². The summed E-state index contributed by atoms with van der Waals surface area (Å²) in [6, 6.07) is 17.7. The standard InChI is InChI=1S/C17H15BrN4/c1-11-5-4-8-16(20-11)22-17(19)21-15-10-9-14(18)12-6-2-3-7-13(12)15/h2-10H,1H3,(H3,19,20,21,22). The lowest BCUT2D eigenvalue weighted by atomic mass is 10.1. The summed E-state index contributed by atoms with van der Waals surface area (Å²) in [5.74, 6) is 0.900. The maximum atomic E-state index is 6.00. The second-order valence-corrected chi connectivity index (χ2v) is 5.75. The van der Waals surface area contributed by atoms with Gasteiger partial charge in [0.1, 0.15) is 0 Å². The number of nitrogens with zero attached hydrogens (tertiary/aromatic N) is 2. The lowest BCUT2D eigenvalue weighted by Gasteiger charge is -2.10. The summed E-state index contributed by atoms with van der Waals surface area (Å²) in [6.07, 6.45) is 0. The van der Waals surface area contributed by atoms with Gasteiger partial charge in [0.05, 0.1) is 0 Å². The molecule has 110 valence electrons. The fourth-order valence-corrected chi connectivity index (χ4v) is 2.73. The molecule has 3 aromatic rings. The van der Waals surface area contributed by atoms with Crippen molar-refractivity contribution in [3.05, 3.63) is 64.8 Å². The smallest absolute Gasteiger partial charge is 0.199 e. The van der Waals surface area contributed by atoms with E-state index in [4.69, 9.17) is 5.73 Å². The summed E-state index contributed by atoms with van der Waals surface area (Å²) < 4.78 is 1.05. The number of hydrogen-bond donors (Lipinski definition) is 2. The fraction of sp³-hybridized carbons (Fsp3) is 0.0588. The van der Waals surface area contributed by atoms with E-state index >= 15 is 0 Å². The third kappa shape index (κ3) is 3.09. The van der Waals surface area contributed by atoms with Gasteiger partial charge in [0.15, 0.2) is 11.8 Å². The number of fused-ring (bicyclic) bond motifs is 1. The zero-order valence-corrected chi connectivity index (χ0v) is 13.6. The molecule has 0 saturated heterocycles. The minimum absolute atomic E-state index is 0.311. The van der Waals surface area contributed by atoms with Crippen LogP contribution in [-0.2, 0) is 0 Å². The quantitative estimate of drug-likeness (QED) is 0.530. The molecule has 0 amide bonds. The predicted molar refractivity (Wildman–Crippen MR) is 95.5 cm³/mol. The van der Waals surface area contributed by atoms with E-state index in [1.165, 1.54) is 0 Å². The van der Waals surface area contributed by atoms with E-state index < -0.39 is 0 Å². The highest BCUT2D eigenvalue weighted by Gasteiger charge is 2.05. The molecule has 0 radical (unpaired) electrons. The van der Waals surface area contributed by atoms with Crippen molar-refractivity contribution in [2.45, 2.75) is 6.92 Å². The molecular formula is C17H15BrN4. The molecule has 1 aromatic heterocycles. The topological polar surface area (TPSA) is 63.3 Å². The van der Waals surface area contributed by atoms with Gasteiger partial charge < -0.3 is 11.1 Å². The van der Waals surface area contributed by atoms with Crippen LogP contribution < -0.4 is 11.1 Å². The van der Waals surface area contributed by atoms with Crippen LogP contribution in [0.15, 0.2) is 64.1 Å². The molecule has 3 N–H and O–H groups in total. The van der Waals surface area contributed by atoms with Gasteiger partial charge >= 0.3 is 0 Å². The maximum Gasteiger partial charge on any atom is 0.199 e. The number of guanidine groups is 1. The first-order chi connectivity index (χ1) is 10.6. The highest BCUT2D eigenvalue weighted by Crippen LogP contribution is 2.29. The lowest BCUT2D eigenvalue weighted by molar-refractivity contribution is 1.17. The van der Waals surface area contributed by atoms with Gasteiger partial charge in [-0.1, -0.05) is 46.3 Å². The van der Waals surface area contributed by atoms with Crippen molar-refractivity contribution in [3.63, 3.8) is 0 Å². The van der Waals surface area contributed by atoms with Crippen molar-refractivity contribution >= 4 is 44.2 Å². The third-order valence-corrected chi connectivity index (χ3v) is 3.93. The first kappa shape index (κ1) is 14.5. The maximum absolute atomic E-state index is 6.00. The molecular weight excluding hydrogens is 340 g/mol. The minimum atomic E-state index is 0.311. The van der Waals surface area contributed by atoms with Gasteiger partial charge in [0.25, 0.3) is 0 Å². The van der Waals surface area contributed by atoms with E-state index in [1.807, 2.05) is 55.5 Å². The number of aliphatic imine (C=N–C) groups is 1. The molecule has 0 aliphatic carbocycles. The van der Waals surface area contributed by atoms with Crippen molar-refractivity contribution < 1.29 is 0 Å². The SMILES string of the molecule is Cc1cccc(/N=C(\N)Nc2ccc(Br)c3ccccc23)n1. The Morgan fingerprint density at radius 3 is 2.59 bits per heavy atom. The van der Waals surface area contributed by atoms with E-state index in [9.17, 15) is 0 Å². The Hall–Kier alpha value is -2.40. The Balaban J connectivity index is 1.95. The number of aryl methyl sites for hydroxylation is 1. The Morgan fingerprint density at radius 2 is 1.82 bits per heavy atom. The lowest BCUT2D eigenvalue weighted by Crippen LogP contribution is -2.22. The van der Waals surface area contributed by atoms with Gasteiger partial charge in [-0.15, -0.1) is 0 Å². The van der Waals surface area contributed by atoms with Crippen LogP contribution in [0.25, 0.3) is 10.8 Å². The largest absolute Gasteiger partial charge is 0.369 e. The Kier molecular flexibility index (Phi) is 4.06. The number of hydrogen-bond acceptors (Lipinski definition) is 2. The van der Waals surface area contributed by atoms with Gasteiger partial charge in [0.2, 0.25) is 0 Å². The van der Waals surface area contributed by atoms with E-state index in [2.05, 4.69) is 37.3 Å². The number of benzene rings is 2. The van der Waals surface area contributed by atoms with Crippen LogP contribution in [0, 0.1) is 6.92 Å². The summed E-state index contributed by atoms with van der Waals surface area (Å²) in [5.41, 5.74) is 7.82. The van der Waals surface area contributed by atoms with Crippen LogP contribution in [0.4, 0.5) is 11.5 Å². The molecule has 1 heterocycles. The first-order valence-corrected chi connectivity index (χ1v) is 7.65.